The average Bonchev–Trinajstić information content (AvgIpc) is 3.33. The lowest BCUT2D eigenvalue weighted by atomic mass is 9.93. The fraction of sp³-hybridized carbons (Fsp3) is 0.321. The molecule has 0 saturated carbocycles. The predicted octanol–water partition coefficient (Wildman–Crippen LogP) is 4.80. The molecule has 0 spiro atoms. The molecule has 0 aliphatic carbocycles. The molecule has 0 atom stereocenters. The van der Waals surface area contributed by atoms with Crippen molar-refractivity contribution in [2.45, 2.75) is 26.2 Å². The molecule has 3 heterocycles. The second kappa shape index (κ2) is 9.26. The van der Waals surface area contributed by atoms with Crippen LogP contribution in [0.3, 0.4) is 0 Å². The minimum atomic E-state index is -0.378. The van der Waals surface area contributed by atoms with E-state index >= 15 is 0 Å². The molecule has 1 saturated heterocycles. The van der Waals surface area contributed by atoms with Crippen LogP contribution < -0.4 is 9.64 Å². The summed E-state index contributed by atoms with van der Waals surface area (Å²) in [6.45, 7) is 8.73. The van der Waals surface area contributed by atoms with Crippen LogP contribution in [0.2, 0.25) is 0 Å². The number of rotatable bonds is 4. The fourth-order valence-corrected chi connectivity index (χ4v) is 4.42. The number of anilines is 1. The Kier molecular flexibility index (Phi) is 6.12. The molecule has 5 rings (SSSR count). The molecule has 186 valence electrons. The average molecular weight is 488 g/mol. The summed E-state index contributed by atoms with van der Waals surface area (Å²) in [5.74, 6) is 0.295. The Labute approximate surface area is 210 Å². The van der Waals surface area contributed by atoms with Crippen LogP contribution in [0.25, 0.3) is 16.9 Å². The Balaban J connectivity index is 1.47. The summed E-state index contributed by atoms with van der Waals surface area (Å²) >= 11 is 0. The first-order chi connectivity index (χ1) is 17.2. The summed E-state index contributed by atoms with van der Waals surface area (Å²) in [5.41, 5.74) is 3.37. The Morgan fingerprint density at radius 1 is 0.972 bits per heavy atom. The van der Waals surface area contributed by atoms with Gasteiger partial charge in [-0.3, -0.25) is 4.79 Å². The highest BCUT2D eigenvalue weighted by Crippen LogP contribution is 2.27. The molecule has 36 heavy (non-hydrogen) atoms. The van der Waals surface area contributed by atoms with Crippen LogP contribution in [-0.2, 0) is 5.41 Å². The second-order valence-electron chi connectivity index (χ2n) is 10.0. The van der Waals surface area contributed by atoms with Crippen LogP contribution >= 0.6 is 0 Å². The lowest BCUT2D eigenvalue weighted by molar-refractivity contribution is 0.0737. The van der Waals surface area contributed by atoms with Gasteiger partial charge in [0, 0.05) is 48.9 Å². The minimum absolute atomic E-state index is 0.141. The molecular weight excluding hydrogens is 457 g/mol. The van der Waals surface area contributed by atoms with Crippen molar-refractivity contribution < 1.29 is 13.9 Å². The van der Waals surface area contributed by atoms with Gasteiger partial charge in [0.05, 0.1) is 18.5 Å². The monoisotopic (exact) mass is 487 g/mol. The summed E-state index contributed by atoms with van der Waals surface area (Å²) in [7, 11) is 1.65. The van der Waals surface area contributed by atoms with Gasteiger partial charge in [0.2, 0.25) is 0 Å². The fourth-order valence-electron chi connectivity index (χ4n) is 4.42. The Hall–Kier alpha value is -3.94. The third kappa shape index (κ3) is 4.51. The molecule has 4 aromatic rings. The van der Waals surface area contributed by atoms with Crippen molar-refractivity contribution in [1.29, 1.82) is 0 Å². The second-order valence-corrected chi connectivity index (χ2v) is 10.0. The van der Waals surface area contributed by atoms with Crippen LogP contribution in [-0.4, -0.2) is 58.7 Å². The molecule has 0 unspecified atom stereocenters. The zero-order chi connectivity index (χ0) is 25.4. The third-order valence-corrected chi connectivity index (χ3v) is 6.57. The summed E-state index contributed by atoms with van der Waals surface area (Å²) in [5, 5.41) is 4.73. The molecule has 7 nitrogen and oxygen atoms in total. The summed E-state index contributed by atoms with van der Waals surface area (Å²) in [6, 6.07) is 18.0. The molecule has 1 fully saturated rings. The normalized spacial score (nSPS) is 14.4. The number of fused-ring (bicyclic) bond motifs is 1. The summed E-state index contributed by atoms with van der Waals surface area (Å²) < 4.78 is 21.5. The first-order valence-corrected chi connectivity index (χ1v) is 12.1. The highest BCUT2D eigenvalue weighted by Gasteiger charge is 2.27. The number of methoxy groups -OCH3 is 1. The molecule has 8 heteroatoms. The van der Waals surface area contributed by atoms with Gasteiger partial charge in [0.25, 0.3) is 5.91 Å². The van der Waals surface area contributed by atoms with Gasteiger partial charge in [-0.05, 0) is 42.5 Å². The minimum Gasteiger partial charge on any atom is -0.497 e. The molecule has 1 amide bonds. The van der Waals surface area contributed by atoms with E-state index in [4.69, 9.17) is 9.84 Å². The van der Waals surface area contributed by atoms with E-state index in [0.717, 1.165) is 17.1 Å². The van der Waals surface area contributed by atoms with Gasteiger partial charge in [-0.25, -0.2) is 13.9 Å². The summed E-state index contributed by atoms with van der Waals surface area (Å²) in [6.07, 6.45) is 0. The van der Waals surface area contributed by atoms with Gasteiger partial charge in [-0.15, -0.1) is 0 Å². The van der Waals surface area contributed by atoms with E-state index < -0.39 is 0 Å². The van der Waals surface area contributed by atoms with E-state index in [1.807, 2.05) is 35.2 Å². The number of nitrogens with zero attached hydrogens (tertiary/aromatic N) is 5. The van der Waals surface area contributed by atoms with Crippen molar-refractivity contribution in [2.75, 3.05) is 38.2 Å². The van der Waals surface area contributed by atoms with Gasteiger partial charge in [-0.2, -0.15) is 5.10 Å². The van der Waals surface area contributed by atoms with Crippen LogP contribution in [0.5, 0.6) is 5.75 Å². The lowest BCUT2D eigenvalue weighted by Gasteiger charge is -2.36. The highest BCUT2D eigenvalue weighted by molar-refractivity contribution is 5.94. The quantitative estimate of drug-likeness (QED) is 0.414. The molecule has 2 aromatic heterocycles. The standard InChI is InChI=1S/C28H30FN5O2/c1-28(2,3)25-18-26-30-23(21-7-5-6-8-22(21)29)17-24(34(26)31-25)27(35)33-15-13-32(14-16-33)19-9-11-20(36-4)12-10-19/h5-12,17-18H,13-16H2,1-4H3. The highest BCUT2D eigenvalue weighted by atomic mass is 19.1. The van der Waals surface area contributed by atoms with Crippen molar-refractivity contribution in [3.8, 4) is 17.0 Å². The Morgan fingerprint density at radius 3 is 2.31 bits per heavy atom. The van der Waals surface area contributed by atoms with Crippen LogP contribution in [0.4, 0.5) is 10.1 Å². The Morgan fingerprint density at radius 2 is 1.67 bits per heavy atom. The maximum atomic E-state index is 14.6. The predicted molar refractivity (Wildman–Crippen MR) is 138 cm³/mol. The van der Waals surface area contributed by atoms with Gasteiger partial charge in [0.15, 0.2) is 5.65 Å². The van der Waals surface area contributed by atoms with Gasteiger partial charge in [-0.1, -0.05) is 32.9 Å². The zero-order valence-electron chi connectivity index (χ0n) is 21.0. The smallest absolute Gasteiger partial charge is 0.272 e. The SMILES string of the molecule is COc1ccc(N2CCN(C(=O)c3cc(-c4ccccc4F)nc4cc(C(C)(C)C)nn34)CC2)cc1. The molecule has 1 aliphatic heterocycles. The third-order valence-electron chi connectivity index (χ3n) is 6.57. The number of aromatic nitrogens is 3. The number of hydrogen-bond acceptors (Lipinski definition) is 5. The number of carbonyl (C=O) groups excluding carboxylic acids is 1. The number of amides is 1. The van der Waals surface area contributed by atoms with E-state index in [9.17, 15) is 9.18 Å². The maximum Gasteiger partial charge on any atom is 0.272 e. The maximum absolute atomic E-state index is 14.6. The molecule has 0 N–H and O–H groups in total. The van der Waals surface area contributed by atoms with E-state index in [1.165, 1.54) is 6.07 Å². The van der Waals surface area contributed by atoms with E-state index in [0.29, 0.717) is 48.8 Å². The van der Waals surface area contributed by atoms with Gasteiger partial charge in [0.1, 0.15) is 17.3 Å². The molecule has 1 aliphatic rings. The van der Waals surface area contributed by atoms with Crippen LogP contribution in [0.1, 0.15) is 37.0 Å². The van der Waals surface area contributed by atoms with Crippen molar-refractivity contribution in [3.05, 3.63) is 77.9 Å². The van der Waals surface area contributed by atoms with E-state index in [1.54, 1.807) is 35.9 Å². The molecule has 0 bridgehead atoms. The number of piperazine rings is 1. The largest absolute Gasteiger partial charge is 0.497 e. The number of benzene rings is 2. The number of hydrogen-bond donors (Lipinski definition) is 0. The zero-order valence-corrected chi connectivity index (χ0v) is 21.0. The van der Waals surface area contributed by atoms with Crippen LogP contribution in [0.15, 0.2) is 60.7 Å². The lowest BCUT2D eigenvalue weighted by Crippen LogP contribution is -2.49. The Bertz CT molecular complexity index is 1400. The van der Waals surface area contributed by atoms with E-state index in [-0.39, 0.29) is 17.1 Å². The molecule has 0 radical (unpaired) electrons. The number of carbonyl (C=O) groups is 1. The van der Waals surface area contributed by atoms with Crippen molar-refractivity contribution >= 4 is 17.2 Å². The number of halogens is 1. The van der Waals surface area contributed by atoms with Gasteiger partial charge >= 0.3 is 0 Å². The van der Waals surface area contributed by atoms with Gasteiger partial charge < -0.3 is 14.5 Å². The topological polar surface area (TPSA) is 63.0 Å². The summed E-state index contributed by atoms with van der Waals surface area (Å²) in [4.78, 5) is 22.5. The molecular formula is C28H30FN5O2. The van der Waals surface area contributed by atoms with E-state index in [2.05, 4.69) is 30.7 Å². The first kappa shape index (κ1) is 23.8. The van der Waals surface area contributed by atoms with Crippen molar-refractivity contribution in [3.63, 3.8) is 0 Å². The number of ether oxygens (including phenoxy) is 1. The van der Waals surface area contributed by atoms with Crippen molar-refractivity contribution in [2.24, 2.45) is 0 Å². The first-order valence-electron chi connectivity index (χ1n) is 12.1. The van der Waals surface area contributed by atoms with Crippen LogP contribution in [0, 0.1) is 5.82 Å². The van der Waals surface area contributed by atoms with Crippen molar-refractivity contribution in [1.82, 2.24) is 19.5 Å². The molecule has 2 aromatic carbocycles.